The minimum Gasteiger partial charge on any atom is -0.392 e. The van der Waals surface area contributed by atoms with Crippen LogP contribution >= 0.6 is 11.8 Å². The van der Waals surface area contributed by atoms with Crippen LogP contribution < -0.4 is 0 Å². The number of aliphatic hydroxyl groups is 1. The minimum atomic E-state index is -0.0200. The SMILES string of the molecule is Cc1cnc(Sc2c(CO)c(C)nn2C)nc1. The average Bonchev–Trinajstić information content (AvgIpc) is 2.57. The lowest BCUT2D eigenvalue weighted by molar-refractivity contribution is 0.277. The molecular formula is C11H14N4OS. The zero-order chi connectivity index (χ0) is 12.4. The fourth-order valence-electron chi connectivity index (χ4n) is 1.51. The number of hydrogen-bond donors (Lipinski definition) is 1. The maximum Gasteiger partial charge on any atom is 0.193 e. The number of hydrogen-bond acceptors (Lipinski definition) is 5. The summed E-state index contributed by atoms with van der Waals surface area (Å²) in [6.07, 6.45) is 3.55. The lowest BCUT2D eigenvalue weighted by atomic mass is 10.3. The maximum atomic E-state index is 9.33. The van der Waals surface area contributed by atoms with E-state index < -0.39 is 0 Å². The Hall–Kier alpha value is -1.40. The normalized spacial score (nSPS) is 10.8. The summed E-state index contributed by atoms with van der Waals surface area (Å²) >= 11 is 1.41. The molecule has 0 aliphatic heterocycles. The van der Waals surface area contributed by atoms with Gasteiger partial charge in [-0.3, -0.25) is 4.68 Å². The number of nitrogens with zero attached hydrogens (tertiary/aromatic N) is 4. The highest BCUT2D eigenvalue weighted by atomic mass is 32.2. The average molecular weight is 250 g/mol. The molecule has 0 aliphatic rings. The zero-order valence-electron chi connectivity index (χ0n) is 10.0. The molecule has 2 aromatic heterocycles. The first-order chi connectivity index (χ1) is 8.11. The van der Waals surface area contributed by atoms with Crippen LogP contribution in [0.1, 0.15) is 16.8 Å². The standard InChI is InChI=1S/C11H14N4OS/c1-7-4-12-11(13-5-7)17-10-9(6-16)8(2)14-15(10)3/h4-5,16H,6H2,1-3H3. The van der Waals surface area contributed by atoms with Gasteiger partial charge in [-0.2, -0.15) is 5.10 Å². The van der Waals surface area contributed by atoms with E-state index in [9.17, 15) is 5.11 Å². The van der Waals surface area contributed by atoms with Crippen molar-refractivity contribution in [2.75, 3.05) is 0 Å². The molecule has 0 unspecified atom stereocenters. The van der Waals surface area contributed by atoms with Crippen LogP contribution in [0, 0.1) is 13.8 Å². The van der Waals surface area contributed by atoms with Gasteiger partial charge in [0.25, 0.3) is 0 Å². The van der Waals surface area contributed by atoms with Crippen LogP contribution in [0.4, 0.5) is 0 Å². The molecule has 2 aromatic rings. The lowest BCUT2D eigenvalue weighted by Gasteiger charge is -2.03. The van der Waals surface area contributed by atoms with Crippen LogP contribution in [0.3, 0.4) is 0 Å². The Labute approximate surface area is 104 Å². The van der Waals surface area contributed by atoms with Crippen molar-refractivity contribution in [3.05, 3.63) is 29.2 Å². The number of aromatic nitrogens is 4. The molecule has 17 heavy (non-hydrogen) atoms. The minimum absolute atomic E-state index is 0.0200. The van der Waals surface area contributed by atoms with Crippen LogP contribution in [-0.2, 0) is 13.7 Å². The van der Waals surface area contributed by atoms with E-state index in [0.29, 0.717) is 5.16 Å². The quantitative estimate of drug-likeness (QED) is 0.836. The second kappa shape index (κ2) is 4.85. The van der Waals surface area contributed by atoms with E-state index in [1.807, 2.05) is 20.9 Å². The molecule has 0 aromatic carbocycles. The first-order valence-electron chi connectivity index (χ1n) is 5.21. The molecule has 6 heteroatoms. The van der Waals surface area contributed by atoms with Crippen molar-refractivity contribution in [3.8, 4) is 0 Å². The van der Waals surface area contributed by atoms with E-state index in [4.69, 9.17) is 0 Å². The van der Waals surface area contributed by atoms with Gasteiger partial charge in [-0.05, 0) is 31.2 Å². The highest BCUT2D eigenvalue weighted by Gasteiger charge is 2.14. The number of rotatable bonds is 3. The second-order valence-corrected chi connectivity index (χ2v) is 4.75. The summed E-state index contributed by atoms with van der Waals surface area (Å²) in [5.41, 5.74) is 2.70. The van der Waals surface area contributed by atoms with Gasteiger partial charge in [0.05, 0.1) is 12.3 Å². The molecule has 0 fully saturated rings. The Morgan fingerprint density at radius 2 is 1.94 bits per heavy atom. The van der Waals surface area contributed by atoms with Crippen LogP contribution in [0.2, 0.25) is 0 Å². The van der Waals surface area contributed by atoms with E-state index in [1.54, 1.807) is 17.1 Å². The summed E-state index contributed by atoms with van der Waals surface area (Å²) in [6.45, 7) is 3.81. The first kappa shape index (κ1) is 12.1. The second-order valence-electron chi connectivity index (χ2n) is 3.80. The van der Waals surface area contributed by atoms with Crippen LogP contribution in [-0.4, -0.2) is 24.9 Å². The summed E-state index contributed by atoms with van der Waals surface area (Å²) in [6, 6.07) is 0. The number of aliphatic hydroxyl groups excluding tert-OH is 1. The zero-order valence-corrected chi connectivity index (χ0v) is 10.8. The largest absolute Gasteiger partial charge is 0.392 e. The van der Waals surface area contributed by atoms with Crippen molar-refractivity contribution >= 4 is 11.8 Å². The van der Waals surface area contributed by atoms with Crippen molar-refractivity contribution in [2.24, 2.45) is 7.05 Å². The topological polar surface area (TPSA) is 63.8 Å². The first-order valence-corrected chi connectivity index (χ1v) is 6.03. The lowest BCUT2D eigenvalue weighted by Crippen LogP contribution is -1.95. The molecule has 1 N–H and O–H groups in total. The molecule has 0 atom stereocenters. The molecule has 0 spiro atoms. The van der Waals surface area contributed by atoms with Crippen molar-refractivity contribution in [1.29, 1.82) is 0 Å². The van der Waals surface area contributed by atoms with E-state index in [0.717, 1.165) is 21.8 Å². The van der Waals surface area contributed by atoms with Crippen LogP contribution in [0.15, 0.2) is 22.6 Å². The van der Waals surface area contributed by atoms with Gasteiger partial charge >= 0.3 is 0 Å². The van der Waals surface area contributed by atoms with E-state index in [-0.39, 0.29) is 6.61 Å². The Kier molecular flexibility index (Phi) is 3.44. The molecule has 0 saturated carbocycles. The van der Waals surface area contributed by atoms with Gasteiger partial charge in [0, 0.05) is 25.0 Å². The molecule has 2 rings (SSSR count). The molecule has 0 bridgehead atoms. The molecule has 90 valence electrons. The van der Waals surface area contributed by atoms with Gasteiger partial charge in [-0.1, -0.05) is 0 Å². The Bertz CT molecular complexity index is 521. The third kappa shape index (κ3) is 2.48. The molecule has 0 radical (unpaired) electrons. The van der Waals surface area contributed by atoms with Crippen molar-refractivity contribution in [2.45, 2.75) is 30.6 Å². The summed E-state index contributed by atoms with van der Waals surface area (Å²) in [4.78, 5) is 8.46. The highest BCUT2D eigenvalue weighted by Crippen LogP contribution is 2.29. The number of aryl methyl sites for hydroxylation is 3. The van der Waals surface area contributed by atoms with Gasteiger partial charge in [-0.15, -0.1) is 0 Å². The van der Waals surface area contributed by atoms with Crippen molar-refractivity contribution < 1.29 is 5.11 Å². The van der Waals surface area contributed by atoms with Gasteiger partial charge in [-0.25, -0.2) is 9.97 Å². The monoisotopic (exact) mass is 250 g/mol. The molecule has 0 amide bonds. The molecule has 2 heterocycles. The van der Waals surface area contributed by atoms with Crippen LogP contribution in [0.25, 0.3) is 0 Å². The van der Waals surface area contributed by atoms with Crippen molar-refractivity contribution in [1.82, 2.24) is 19.7 Å². The molecular weight excluding hydrogens is 236 g/mol. The third-order valence-corrected chi connectivity index (χ3v) is 3.49. The van der Waals surface area contributed by atoms with Gasteiger partial charge < -0.3 is 5.11 Å². The summed E-state index contributed by atoms with van der Waals surface area (Å²) in [7, 11) is 1.85. The highest BCUT2D eigenvalue weighted by molar-refractivity contribution is 7.99. The Morgan fingerprint density at radius 3 is 2.53 bits per heavy atom. The Balaban J connectivity index is 2.32. The molecule has 0 saturated heterocycles. The molecule has 0 aliphatic carbocycles. The summed E-state index contributed by atoms with van der Waals surface area (Å²) in [5.74, 6) is 0. The van der Waals surface area contributed by atoms with Crippen LogP contribution in [0.5, 0.6) is 0 Å². The Morgan fingerprint density at radius 1 is 1.29 bits per heavy atom. The predicted molar refractivity (Wildman–Crippen MR) is 64.8 cm³/mol. The summed E-state index contributed by atoms with van der Waals surface area (Å²) < 4.78 is 1.74. The fraction of sp³-hybridized carbons (Fsp3) is 0.364. The fourth-order valence-corrected chi connectivity index (χ4v) is 2.40. The third-order valence-electron chi connectivity index (χ3n) is 2.39. The van der Waals surface area contributed by atoms with E-state index in [1.165, 1.54) is 11.8 Å². The van der Waals surface area contributed by atoms with Crippen molar-refractivity contribution in [3.63, 3.8) is 0 Å². The van der Waals surface area contributed by atoms with E-state index in [2.05, 4.69) is 15.1 Å². The van der Waals surface area contributed by atoms with Gasteiger partial charge in [0.1, 0.15) is 5.03 Å². The molecule has 5 nitrogen and oxygen atoms in total. The summed E-state index contributed by atoms with van der Waals surface area (Å²) in [5, 5.41) is 15.1. The maximum absolute atomic E-state index is 9.33. The predicted octanol–water partition coefficient (Wildman–Crippen LogP) is 1.47. The smallest absolute Gasteiger partial charge is 0.193 e. The van der Waals surface area contributed by atoms with Gasteiger partial charge in [0.2, 0.25) is 0 Å². The van der Waals surface area contributed by atoms with Gasteiger partial charge in [0.15, 0.2) is 5.16 Å². The van der Waals surface area contributed by atoms with E-state index >= 15 is 0 Å².